The molecule has 0 atom stereocenters. The topological polar surface area (TPSA) is 88.2 Å². The van der Waals surface area contributed by atoms with Gasteiger partial charge in [0.05, 0.1) is 0 Å². The predicted octanol–water partition coefficient (Wildman–Crippen LogP) is 2.02. The Kier molecular flexibility index (Phi) is 5.11. The standard InChI is InChI=1S/C15H17N3O3S/c1-2-8-17-15(19)12-5-3-6-13(10-12)18-22(20,21)14-7-4-9-16-11-14/h3-7,9-11,18H,2,8H2,1H3,(H,17,19). The van der Waals surface area contributed by atoms with E-state index in [1.54, 1.807) is 24.3 Å². The van der Waals surface area contributed by atoms with Gasteiger partial charge >= 0.3 is 0 Å². The molecule has 0 fully saturated rings. The van der Waals surface area contributed by atoms with E-state index in [1.165, 1.54) is 24.5 Å². The zero-order valence-electron chi connectivity index (χ0n) is 12.1. The molecule has 6 nitrogen and oxygen atoms in total. The molecule has 1 amide bonds. The van der Waals surface area contributed by atoms with Crippen molar-refractivity contribution in [3.63, 3.8) is 0 Å². The highest BCUT2D eigenvalue weighted by Crippen LogP contribution is 2.16. The fourth-order valence-electron chi connectivity index (χ4n) is 1.78. The Morgan fingerprint density at radius 2 is 2.05 bits per heavy atom. The maximum Gasteiger partial charge on any atom is 0.263 e. The van der Waals surface area contributed by atoms with Crippen molar-refractivity contribution in [1.29, 1.82) is 0 Å². The van der Waals surface area contributed by atoms with Crippen LogP contribution in [0.5, 0.6) is 0 Å². The van der Waals surface area contributed by atoms with Crippen molar-refractivity contribution in [1.82, 2.24) is 10.3 Å². The highest BCUT2D eigenvalue weighted by Gasteiger charge is 2.15. The van der Waals surface area contributed by atoms with Crippen molar-refractivity contribution < 1.29 is 13.2 Å². The average molecular weight is 319 g/mol. The van der Waals surface area contributed by atoms with Crippen LogP contribution in [0.25, 0.3) is 0 Å². The van der Waals surface area contributed by atoms with Crippen molar-refractivity contribution in [2.75, 3.05) is 11.3 Å². The number of amides is 1. The quantitative estimate of drug-likeness (QED) is 0.852. The molecule has 2 rings (SSSR count). The molecule has 0 saturated carbocycles. The lowest BCUT2D eigenvalue weighted by Gasteiger charge is -2.09. The summed E-state index contributed by atoms with van der Waals surface area (Å²) in [6.45, 7) is 2.53. The maximum atomic E-state index is 12.2. The first-order chi connectivity index (χ1) is 10.5. The molecule has 0 radical (unpaired) electrons. The predicted molar refractivity (Wildman–Crippen MR) is 84.1 cm³/mol. The van der Waals surface area contributed by atoms with Gasteiger partial charge in [-0.15, -0.1) is 0 Å². The Morgan fingerprint density at radius 3 is 2.73 bits per heavy atom. The molecule has 0 unspecified atom stereocenters. The van der Waals surface area contributed by atoms with Gasteiger partial charge in [0, 0.05) is 30.2 Å². The van der Waals surface area contributed by atoms with Crippen LogP contribution in [0.2, 0.25) is 0 Å². The van der Waals surface area contributed by atoms with Crippen LogP contribution in [0.4, 0.5) is 5.69 Å². The number of carbonyl (C=O) groups excluding carboxylic acids is 1. The van der Waals surface area contributed by atoms with Crippen LogP contribution in [-0.2, 0) is 10.0 Å². The molecular weight excluding hydrogens is 302 g/mol. The van der Waals surface area contributed by atoms with Crippen LogP contribution in [0, 0.1) is 0 Å². The molecule has 1 aromatic carbocycles. The Bertz CT molecular complexity index is 746. The fraction of sp³-hybridized carbons (Fsp3) is 0.200. The van der Waals surface area contributed by atoms with Gasteiger partial charge in [0.1, 0.15) is 4.90 Å². The number of aromatic nitrogens is 1. The lowest BCUT2D eigenvalue weighted by molar-refractivity contribution is 0.0953. The summed E-state index contributed by atoms with van der Waals surface area (Å²) in [5, 5.41) is 2.74. The molecule has 2 aromatic rings. The monoisotopic (exact) mass is 319 g/mol. The molecular formula is C15H17N3O3S. The Hall–Kier alpha value is -2.41. The summed E-state index contributed by atoms with van der Waals surface area (Å²) < 4.78 is 26.8. The number of benzene rings is 1. The SMILES string of the molecule is CCCNC(=O)c1cccc(NS(=O)(=O)c2cccnc2)c1. The summed E-state index contributed by atoms with van der Waals surface area (Å²) in [4.78, 5) is 15.7. The largest absolute Gasteiger partial charge is 0.352 e. The van der Waals surface area contributed by atoms with E-state index in [1.807, 2.05) is 6.92 Å². The molecule has 0 bridgehead atoms. The van der Waals surface area contributed by atoms with Gasteiger partial charge in [-0.3, -0.25) is 14.5 Å². The van der Waals surface area contributed by atoms with Crippen LogP contribution in [0.3, 0.4) is 0 Å². The summed E-state index contributed by atoms with van der Waals surface area (Å²) >= 11 is 0. The number of rotatable bonds is 6. The molecule has 2 N–H and O–H groups in total. The van der Waals surface area contributed by atoms with Crippen LogP contribution >= 0.6 is 0 Å². The van der Waals surface area contributed by atoms with Gasteiger partial charge in [-0.25, -0.2) is 8.42 Å². The Labute approximate surface area is 129 Å². The lowest BCUT2D eigenvalue weighted by Crippen LogP contribution is -2.24. The minimum absolute atomic E-state index is 0.0656. The van der Waals surface area contributed by atoms with E-state index in [4.69, 9.17) is 0 Å². The van der Waals surface area contributed by atoms with E-state index in [-0.39, 0.29) is 10.8 Å². The van der Waals surface area contributed by atoms with Crippen molar-refractivity contribution in [2.45, 2.75) is 18.2 Å². The fourth-order valence-corrected chi connectivity index (χ4v) is 2.80. The van der Waals surface area contributed by atoms with Crippen LogP contribution in [0.15, 0.2) is 53.7 Å². The van der Waals surface area contributed by atoms with E-state index >= 15 is 0 Å². The zero-order chi connectivity index (χ0) is 16.0. The third-order valence-electron chi connectivity index (χ3n) is 2.86. The number of sulfonamides is 1. The normalized spacial score (nSPS) is 11.0. The van der Waals surface area contributed by atoms with E-state index in [9.17, 15) is 13.2 Å². The number of anilines is 1. The summed E-state index contributed by atoms with van der Waals surface area (Å²) in [6, 6.07) is 9.34. The van der Waals surface area contributed by atoms with Gasteiger partial charge in [-0.05, 0) is 36.8 Å². The summed E-state index contributed by atoms with van der Waals surface area (Å²) in [6.07, 6.45) is 3.59. The Balaban J connectivity index is 2.19. The summed E-state index contributed by atoms with van der Waals surface area (Å²) in [5.74, 6) is -0.232. The van der Waals surface area contributed by atoms with E-state index in [2.05, 4.69) is 15.0 Å². The highest BCUT2D eigenvalue weighted by molar-refractivity contribution is 7.92. The smallest absolute Gasteiger partial charge is 0.263 e. The van der Waals surface area contributed by atoms with E-state index in [0.29, 0.717) is 17.8 Å². The zero-order valence-corrected chi connectivity index (χ0v) is 12.9. The summed E-state index contributed by atoms with van der Waals surface area (Å²) in [7, 11) is -3.72. The van der Waals surface area contributed by atoms with Crippen molar-refractivity contribution >= 4 is 21.6 Å². The number of pyridine rings is 1. The van der Waals surface area contributed by atoms with Gasteiger partial charge in [0.2, 0.25) is 0 Å². The maximum absolute atomic E-state index is 12.2. The van der Waals surface area contributed by atoms with E-state index < -0.39 is 10.0 Å². The van der Waals surface area contributed by atoms with Crippen molar-refractivity contribution in [3.05, 3.63) is 54.4 Å². The highest BCUT2D eigenvalue weighted by atomic mass is 32.2. The number of hydrogen-bond donors (Lipinski definition) is 2. The lowest BCUT2D eigenvalue weighted by atomic mass is 10.2. The number of carbonyl (C=O) groups is 1. The molecule has 1 aromatic heterocycles. The van der Waals surface area contributed by atoms with Gasteiger partial charge in [-0.2, -0.15) is 0 Å². The van der Waals surface area contributed by atoms with Crippen LogP contribution < -0.4 is 10.0 Å². The van der Waals surface area contributed by atoms with E-state index in [0.717, 1.165) is 6.42 Å². The molecule has 7 heteroatoms. The third-order valence-corrected chi connectivity index (χ3v) is 4.22. The van der Waals surface area contributed by atoms with Gasteiger partial charge in [0.25, 0.3) is 15.9 Å². The molecule has 0 saturated heterocycles. The molecule has 22 heavy (non-hydrogen) atoms. The van der Waals surface area contributed by atoms with Gasteiger partial charge in [-0.1, -0.05) is 13.0 Å². The molecule has 1 heterocycles. The Morgan fingerprint density at radius 1 is 1.23 bits per heavy atom. The first-order valence-electron chi connectivity index (χ1n) is 6.84. The molecule has 0 aliphatic heterocycles. The second-order valence-electron chi connectivity index (χ2n) is 4.63. The molecule has 0 spiro atoms. The van der Waals surface area contributed by atoms with Crippen molar-refractivity contribution in [3.8, 4) is 0 Å². The van der Waals surface area contributed by atoms with Crippen LogP contribution in [0.1, 0.15) is 23.7 Å². The second-order valence-corrected chi connectivity index (χ2v) is 6.31. The second kappa shape index (κ2) is 7.04. The molecule has 0 aliphatic carbocycles. The molecule has 116 valence electrons. The number of hydrogen-bond acceptors (Lipinski definition) is 4. The molecule has 0 aliphatic rings. The van der Waals surface area contributed by atoms with Crippen LogP contribution in [-0.4, -0.2) is 25.9 Å². The minimum Gasteiger partial charge on any atom is -0.352 e. The van der Waals surface area contributed by atoms with Crippen molar-refractivity contribution in [2.24, 2.45) is 0 Å². The number of nitrogens with one attached hydrogen (secondary N) is 2. The minimum atomic E-state index is -3.72. The van der Waals surface area contributed by atoms with Gasteiger partial charge in [0.15, 0.2) is 0 Å². The summed E-state index contributed by atoms with van der Waals surface area (Å²) in [5.41, 5.74) is 0.729. The average Bonchev–Trinajstić information content (AvgIpc) is 2.53. The third kappa shape index (κ3) is 4.05. The number of nitrogens with zero attached hydrogens (tertiary/aromatic N) is 1. The first-order valence-corrected chi connectivity index (χ1v) is 8.32. The first kappa shape index (κ1) is 16.0. The van der Waals surface area contributed by atoms with Gasteiger partial charge < -0.3 is 5.32 Å².